The normalized spacial score (nSPS) is 22.9. The monoisotopic (exact) mass is 378 g/mol. The highest BCUT2D eigenvalue weighted by atomic mass is 32.2. The second-order valence-electron chi connectivity index (χ2n) is 7.85. The number of nitrogens with one attached hydrogen (secondary N) is 1. The van der Waals surface area contributed by atoms with E-state index in [0.717, 1.165) is 12.8 Å². The standard InChI is InChI=1S/C20H30N2O3S/c1-16-6-5-13-22(15-16)26(24,25)19-11-9-18(10-12-19)20(23)21-14-17-7-3-2-4-8-17/h9-12,16-17H,2-8,13-15H2,1H3,(H,21,23). The molecule has 1 atom stereocenters. The summed E-state index contributed by atoms with van der Waals surface area (Å²) < 4.78 is 27.1. The first-order chi connectivity index (χ1) is 12.5. The minimum absolute atomic E-state index is 0.119. The van der Waals surface area contributed by atoms with Crippen molar-refractivity contribution in [3.8, 4) is 0 Å². The molecule has 1 aromatic carbocycles. The Labute approximate surface area is 157 Å². The largest absolute Gasteiger partial charge is 0.352 e. The highest BCUT2D eigenvalue weighted by molar-refractivity contribution is 7.89. The van der Waals surface area contributed by atoms with E-state index in [2.05, 4.69) is 12.2 Å². The van der Waals surface area contributed by atoms with Gasteiger partial charge in [0.15, 0.2) is 0 Å². The molecular formula is C20H30N2O3S. The van der Waals surface area contributed by atoms with E-state index < -0.39 is 10.0 Å². The Kier molecular flexibility index (Phi) is 6.35. The predicted molar refractivity (Wildman–Crippen MR) is 103 cm³/mol. The van der Waals surface area contributed by atoms with E-state index in [9.17, 15) is 13.2 Å². The van der Waals surface area contributed by atoms with E-state index in [-0.39, 0.29) is 10.8 Å². The maximum atomic E-state index is 12.8. The molecule has 0 spiro atoms. The Hall–Kier alpha value is -1.40. The van der Waals surface area contributed by atoms with Crippen molar-refractivity contribution in [2.75, 3.05) is 19.6 Å². The zero-order chi connectivity index (χ0) is 18.6. The van der Waals surface area contributed by atoms with E-state index in [0.29, 0.717) is 37.0 Å². The fourth-order valence-corrected chi connectivity index (χ4v) is 5.62. The maximum absolute atomic E-state index is 12.8. The molecule has 3 rings (SSSR count). The minimum atomic E-state index is -3.47. The van der Waals surface area contributed by atoms with Crippen LogP contribution in [0.2, 0.25) is 0 Å². The van der Waals surface area contributed by atoms with Crippen molar-refractivity contribution in [2.45, 2.75) is 56.8 Å². The lowest BCUT2D eigenvalue weighted by Crippen LogP contribution is -2.39. The van der Waals surface area contributed by atoms with Gasteiger partial charge in [0.25, 0.3) is 5.91 Å². The van der Waals surface area contributed by atoms with Crippen LogP contribution in [0, 0.1) is 11.8 Å². The molecule has 1 saturated heterocycles. The summed E-state index contributed by atoms with van der Waals surface area (Å²) in [5, 5.41) is 3.00. The summed E-state index contributed by atoms with van der Waals surface area (Å²) in [5.74, 6) is 0.850. The Bertz CT molecular complexity index is 709. The van der Waals surface area contributed by atoms with E-state index in [1.165, 1.54) is 32.1 Å². The molecule has 1 saturated carbocycles. The van der Waals surface area contributed by atoms with Gasteiger partial charge in [0.05, 0.1) is 4.90 Å². The highest BCUT2D eigenvalue weighted by Crippen LogP contribution is 2.24. The van der Waals surface area contributed by atoms with Crippen LogP contribution < -0.4 is 5.32 Å². The van der Waals surface area contributed by atoms with Gasteiger partial charge in [0, 0.05) is 25.2 Å². The molecule has 1 aromatic rings. The van der Waals surface area contributed by atoms with Gasteiger partial charge >= 0.3 is 0 Å². The van der Waals surface area contributed by atoms with Crippen LogP contribution in [0.4, 0.5) is 0 Å². The van der Waals surface area contributed by atoms with Crippen molar-refractivity contribution in [1.82, 2.24) is 9.62 Å². The maximum Gasteiger partial charge on any atom is 0.251 e. The molecule has 1 aliphatic carbocycles. The van der Waals surface area contributed by atoms with E-state index in [1.807, 2.05) is 0 Å². The molecule has 0 radical (unpaired) electrons. The lowest BCUT2D eigenvalue weighted by molar-refractivity contribution is 0.0943. The number of hydrogen-bond donors (Lipinski definition) is 1. The molecule has 1 aliphatic heterocycles. The average Bonchev–Trinajstić information content (AvgIpc) is 2.67. The van der Waals surface area contributed by atoms with Gasteiger partial charge in [0.1, 0.15) is 0 Å². The number of carbonyl (C=O) groups is 1. The summed E-state index contributed by atoms with van der Waals surface area (Å²) in [7, 11) is -3.47. The smallest absolute Gasteiger partial charge is 0.251 e. The van der Waals surface area contributed by atoms with Crippen LogP contribution in [0.5, 0.6) is 0 Å². The fourth-order valence-electron chi connectivity index (χ4n) is 4.02. The molecule has 0 bridgehead atoms. The number of sulfonamides is 1. The van der Waals surface area contributed by atoms with Crippen molar-refractivity contribution >= 4 is 15.9 Å². The molecular weight excluding hydrogens is 348 g/mol. The molecule has 144 valence electrons. The van der Waals surface area contributed by atoms with Crippen LogP contribution in [0.25, 0.3) is 0 Å². The summed E-state index contributed by atoms with van der Waals surface area (Å²) >= 11 is 0. The van der Waals surface area contributed by atoms with Crippen molar-refractivity contribution in [2.24, 2.45) is 11.8 Å². The Morgan fingerprint density at radius 2 is 1.77 bits per heavy atom. The molecule has 1 unspecified atom stereocenters. The molecule has 1 heterocycles. The van der Waals surface area contributed by atoms with Crippen LogP contribution in [-0.4, -0.2) is 38.3 Å². The molecule has 0 aromatic heterocycles. The Morgan fingerprint density at radius 3 is 2.42 bits per heavy atom. The van der Waals surface area contributed by atoms with Gasteiger partial charge in [-0.25, -0.2) is 8.42 Å². The van der Waals surface area contributed by atoms with Crippen LogP contribution in [-0.2, 0) is 10.0 Å². The topological polar surface area (TPSA) is 66.5 Å². The molecule has 6 heteroatoms. The molecule has 1 N–H and O–H groups in total. The van der Waals surface area contributed by atoms with Crippen molar-refractivity contribution < 1.29 is 13.2 Å². The molecule has 2 fully saturated rings. The number of piperidine rings is 1. The van der Waals surface area contributed by atoms with Crippen molar-refractivity contribution in [3.63, 3.8) is 0 Å². The number of nitrogens with zero attached hydrogens (tertiary/aromatic N) is 1. The van der Waals surface area contributed by atoms with Gasteiger partial charge in [-0.1, -0.05) is 26.2 Å². The Balaban J connectivity index is 1.61. The van der Waals surface area contributed by atoms with Crippen molar-refractivity contribution in [3.05, 3.63) is 29.8 Å². The van der Waals surface area contributed by atoms with Gasteiger partial charge in [0.2, 0.25) is 10.0 Å². The third-order valence-electron chi connectivity index (χ3n) is 5.65. The first kappa shape index (κ1) is 19.4. The van der Waals surface area contributed by atoms with Crippen LogP contribution in [0.3, 0.4) is 0 Å². The van der Waals surface area contributed by atoms with Gasteiger partial charge < -0.3 is 5.32 Å². The first-order valence-corrected chi connectivity index (χ1v) is 11.3. The van der Waals surface area contributed by atoms with Gasteiger partial charge in [-0.15, -0.1) is 0 Å². The quantitative estimate of drug-likeness (QED) is 0.854. The average molecular weight is 379 g/mol. The van der Waals surface area contributed by atoms with Crippen LogP contribution in [0.15, 0.2) is 29.2 Å². The zero-order valence-corrected chi connectivity index (χ0v) is 16.4. The summed E-state index contributed by atoms with van der Waals surface area (Å²) in [6.45, 7) is 3.95. The molecule has 5 nitrogen and oxygen atoms in total. The predicted octanol–water partition coefficient (Wildman–Crippen LogP) is 3.42. The lowest BCUT2D eigenvalue weighted by atomic mass is 9.89. The summed E-state index contributed by atoms with van der Waals surface area (Å²) in [4.78, 5) is 12.6. The molecule has 2 aliphatic rings. The summed E-state index contributed by atoms with van der Waals surface area (Å²) in [5.41, 5.74) is 0.520. The minimum Gasteiger partial charge on any atom is -0.352 e. The van der Waals surface area contributed by atoms with E-state index >= 15 is 0 Å². The summed E-state index contributed by atoms with van der Waals surface area (Å²) in [6, 6.07) is 6.36. The highest BCUT2D eigenvalue weighted by Gasteiger charge is 2.28. The zero-order valence-electron chi connectivity index (χ0n) is 15.6. The lowest BCUT2D eigenvalue weighted by Gasteiger charge is -2.30. The molecule has 1 amide bonds. The van der Waals surface area contributed by atoms with E-state index in [1.54, 1.807) is 28.6 Å². The number of benzene rings is 1. The number of rotatable bonds is 5. The van der Waals surface area contributed by atoms with Gasteiger partial charge in [-0.05, 0) is 61.8 Å². The SMILES string of the molecule is CC1CCCN(S(=O)(=O)c2ccc(C(=O)NCC3CCCCC3)cc2)C1. The summed E-state index contributed by atoms with van der Waals surface area (Å²) in [6.07, 6.45) is 8.16. The van der Waals surface area contributed by atoms with Gasteiger partial charge in [-0.3, -0.25) is 4.79 Å². The second-order valence-corrected chi connectivity index (χ2v) is 9.79. The van der Waals surface area contributed by atoms with E-state index in [4.69, 9.17) is 0 Å². The van der Waals surface area contributed by atoms with Crippen molar-refractivity contribution in [1.29, 1.82) is 0 Å². The Morgan fingerprint density at radius 1 is 1.08 bits per heavy atom. The first-order valence-electron chi connectivity index (χ1n) is 9.85. The van der Waals surface area contributed by atoms with Gasteiger partial charge in [-0.2, -0.15) is 4.31 Å². The third-order valence-corrected chi connectivity index (χ3v) is 7.53. The number of amides is 1. The van der Waals surface area contributed by atoms with Crippen LogP contribution in [0.1, 0.15) is 62.2 Å². The molecule has 26 heavy (non-hydrogen) atoms. The second kappa shape index (κ2) is 8.53. The number of hydrogen-bond acceptors (Lipinski definition) is 3. The fraction of sp³-hybridized carbons (Fsp3) is 0.650. The number of carbonyl (C=O) groups excluding carboxylic acids is 1. The van der Waals surface area contributed by atoms with Crippen LogP contribution >= 0.6 is 0 Å². The third kappa shape index (κ3) is 4.65.